The average molecular weight is 306 g/mol. The summed E-state index contributed by atoms with van der Waals surface area (Å²) in [4.78, 5) is 11.2. The van der Waals surface area contributed by atoms with E-state index >= 15 is 0 Å². The number of ether oxygens (including phenoxy) is 4. The second-order valence-electron chi connectivity index (χ2n) is 4.96. The fraction of sp³-hybridized carbons (Fsp3) is 0.471. The molecule has 1 aromatic rings. The van der Waals surface area contributed by atoms with Crippen LogP contribution in [0.2, 0.25) is 0 Å². The summed E-state index contributed by atoms with van der Waals surface area (Å²) >= 11 is 0. The fourth-order valence-corrected chi connectivity index (χ4v) is 2.19. The van der Waals surface area contributed by atoms with Gasteiger partial charge in [-0.15, -0.1) is 0 Å². The maximum Gasteiger partial charge on any atom is 0.303 e. The van der Waals surface area contributed by atoms with Crippen LogP contribution in [0.15, 0.2) is 42.5 Å². The molecule has 0 saturated carbocycles. The fourth-order valence-electron chi connectivity index (χ4n) is 2.19. The van der Waals surface area contributed by atoms with Gasteiger partial charge in [-0.3, -0.25) is 4.79 Å². The van der Waals surface area contributed by atoms with Crippen LogP contribution >= 0.6 is 0 Å². The Balaban J connectivity index is 1.89. The third-order valence-corrected chi connectivity index (χ3v) is 3.16. The van der Waals surface area contributed by atoms with Crippen molar-refractivity contribution in [1.29, 1.82) is 0 Å². The van der Waals surface area contributed by atoms with E-state index in [1.54, 1.807) is 12.2 Å². The van der Waals surface area contributed by atoms with Crippen LogP contribution in [0, 0.1) is 0 Å². The molecule has 0 aromatic heterocycles. The van der Waals surface area contributed by atoms with Crippen LogP contribution in [-0.4, -0.2) is 37.7 Å². The van der Waals surface area contributed by atoms with Gasteiger partial charge in [0, 0.05) is 13.5 Å². The highest BCUT2D eigenvalue weighted by molar-refractivity contribution is 5.66. The molecule has 1 aliphatic rings. The molecular formula is C17H22O5. The zero-order valence-corrected chi connectivity index (χ0v) is 12.9. The number of carbonyl (C=O) groups is 1. The molecule has 0 saturated heterocycles. The van der Waals surface area contributed by atoms with Crippen molar-refractivity contribution in [2.75, 3.05) is 13.2 Å². The highest BCUT2D eigenvalue weighted by atomic mass is 16.7. The van der Waals surface area contributed by atoms with E-state index in [0.29, 0.717) is 19.8 Å². The van der Waals surface area contributed by atoms with Crippen LogP contribution in [0.5, 0.6) is 0 Å². The van der Waals surface area contributed by atoms with Gasteiger partial charge in [0.15, 0.2) is 6.29 Å². The predicted molar refractivity (Wildman–Crippen MR) is 81.1 cm³/mol. The van der Waals surface area contributed by atoms with E-state index in [9.17, 15) is 4.79 Å². The summed E-state index contributed by atoms with van der Waals surface area (Å²) in [5.74, 6) is -0.346. The van der Waals surface area contributed by atoms with Crippen LogP contribution in [0.3, 0.4) is 0 Å². The van der Waals surface area contributed by atoms with Crippen molar-refractivity contribution in [3.8, 4) is 0 Å². The van der Waals surface area contributed by atoms with Gasteiger partial charge in [0.1, 0.15) is 12.2 Å². The standard InChI is InChI=1S/C17H22O5/c1-3-20-17-10-9-15(21-13(2)18)16(22-17)12-19-11-14-7-5-4-6-8-14/h4-10,15-17H,3,11-12H2,1-2H3/t15-,16+,17-/m0/s1. The van der Waals surface area contributed by atoms with Gasteiger partial charge >= 0.3 is 5.97 Å². The molecule has 0 aliphatic carbocycles. The van der Waals surface area contributed by atoms with E-state index < -0.39 is 12.4 Å². The summed E-state index contributed by atoms with van der Waals surface area (Å²) < 4.78 is 22.1. The third kappa shape index (κ3) is 5.26. The second-order valence-corrected chi connectivity index (χ2v) is 4.96. The van der Waals surface area contributed by atoms with Crippen molar-refractivity contribution < 1.29 is 23.7 Å². The van der Waals surface area contributed by atoms with E-state index in [1.165, 1.54) is 6.92 Å². The number of benzene rings is 1. The molecule has 0 fully saturated rings. The monoisotopic (exact) mass is 306 g/mol. The van der Waals surface area contributed by atoms with Gasteiger partial charge in [0.25, 0.3) is 0 Å². The van der Waals surface area contributed by atoms with Crippen molar-refractivity contribution in [3.63, 3.8) is 0 Å². The van der Waals surface area contributed by atoms with E-state index in [4.69, 9.17) is 18.9 Å². The maximum absolute atomic E-state index is 11.2. The molecule has 0 N–H and O–H groups in total. The number of carbonyl (C=O) groups excluding carboxylic acids is 1. The Hall–Kier alpha value is -1.69. The SMILES string of the molecule is CCO[C@@H]1C=C[C@H](OC(C)=O)[C@@H](COCc2ccccc2)O1. The van der Waals surface area contributed by atoms with Crippen LogP contribution in [0.4, 0.5) is 0 Å². The first-order valence-corrected chi connectivity index (χ1v) is 7.43. The first-order chi connectivity index (χ1) is 10.7. The van der Waals surface area contributed by atoms with Gasteiger partial charge in [-0.1, -0.05) is 30.3 Å². The van der Waals surface area contributed by atoms with Crippen LogP contribution in [0.25, 0.3) is 0 Å². The Bertz CT molecular complexity index is 485. The molecule has 0 bridgehead atoms. The minimum absolute atomic E-state index is 0.320. The number of rotatable bonds is 7. The van der Waals surface area contributed by atoms with E-state index in [-0.39, 0.29) is 12.1 Å². The zero-order chi connectivity index (χ0) is 15.8. The zero-order valence-electron chi connectivity index (χ0n) is 12.9. The van der Waals surface area contributed by atoms with Gasteiger partial charge in [-0.25, -0.2) is 0 Å². The Morgan fingerprint density at radius 1 is 1.23 bits per heavy atom. The molecule has 3 atom stereocenters. The number of hydrogen-bond donors (Lipinski definition) is 0. The highest BCUT2D eigenvalue weighted by Gasteiger charge is 2.30. The van der Waals surface area contributed by atoms with Crippen molar-refractivity contribution in [1.82, 2.24) is 0 Å². The largest absolute Gasteiger partial charge is 0.455 e. The summed E-state index contributed by atoms with van der Waals surface area (Å²) in [5, 5.41) is 0. The van der Waals surface area contributed by atoms with Gasteiger partial charge in [0.05, 0.1) is 13.2 Å². The van der Waals surface area contributed by atoms with Crippen LogP contribution < -0.4 is 0 Å². The Kier molecular flexibility index (Phi) is 6.58. The lowest BCUT2D eigenvalue weighted by molar-refractivity contribution is -0.195. The molecule has 5 heteroatoms. The molecule has 1 aliphatic heterocycles. The van der Waals surface area contributed by atoms with Crippen molar-refractivity contribution in [3.05, 3.63) is 48.0 Å². The van der Waals surface area contributed by atoms with E-state index in [2.05, 4.69) is 0 Å². The molecular weight excluding hydrogens is 284 g/mol. The molecule has 0 amide bonds. The second kappa shape index (κ2) is 8.68. The van der Waals surface area contributed by atoms with Crippen LogP contribution in [0.1, 0.15) is 19.4 Å². The summed E-state index contributed by atoms with van der Waals surface area (Å²) in [6.07, 6.45) is 2.29. The lowest BCUT2D eigenvalue weighted by Gasteiger charge is -2.31. The quantitative estimate of drug-likeness (QED) is 0.572. The molecule has 0 unspecified atom stereocenters. The predicted octanol–water partition coefficient (Wildman–Crippen LogP) is 2.45. The minimum atomic E-state index is -0.454. The minimum Gasteiger partial charge on any atom is -0.455 e. The lowest BCUT2D eigenvalue weighted by Crippen LogP contribution is -2.41. The number of hydrogen-bond acceptors (Lipinski definition) is 5. The molecule has 22 heavy (non-hydrogen) atoms. The summed E-state index contributed by atoms with van der Waals surface area (Å²) in [6.45, 7) is 4.63. The lowest BCUT2D eigenvalue weighted by atomic mass is 10.1. The molecule has 0 spiro atoms. The highest BCUT2D eigenvalue weighted by Crippen LogP contribution is 2.18. The van der Waals surface area contributed by atoms with Gasteiger partial charge < -0.3 is 18.9 Å². The van der Waals surface area contributed by atoms with Crippen molar-refractivity contribution >= 4 is 5.97 Å². The van der Waals surface area contributed by atoms with Crippen LogP contribution in [-0.2, 0) is 30.3 Å². The van der Waals surface area contributed by atoms with Crippen molar-refractivity contribution in [2.24, 2.45) is 0 Å². The maximum atomic E-state index is 11.2. The van der Waals surface area contributed by atoms with Gasteiger partial charge in [-0.05, 0) is 24.6 Å². The average Bonchev–Trinajstić information content (AvgIpc) is 2.51. The molecule has 1 aromatic carbocycles. The number of esters is 1. The Labute approximate surface area is 130 Å². The Morgan fingerprint density at radius 3 is 2.68 bits per heavy atom. The topological polar surface area (TPSA) is 54.0 Å². The summed E-state index contributed by atoms with van der Waals surface area (Å²) in [6, 6.07) is 9.88. The van der Waals surface area contributed by atoms with E-state index in [0.717, 1.165) is 5.56 Å². The first kappa shape index (κ1) is 16.7. The van der Waals surface area contributed by atoms with E-state index in [1.807, 2.05) is 37.3 Å². The first-order valence-electron chi connectivity index (χ1n) is 7.43. The van der Waals surface area contributed by atoms with Gasteiger partial charge in [-0.2, -0.15) is 0 Å². The normalized spacial score (nSPS) is 24.2. The Morgan fingerprint density at radius 2 is 2.00 bits per heavy atom. The smallest absolute Gasteiger partial charge is 0.303 e. The molecule has 5 nitrogen and oxygen atoms in total. The van der Waals surface area contributed by atoms with Crippen molar-refractivity contribution in [2.45, 2.75) is 39.0 Å². The molecule has 2 rings (SSSR count). The molecule has 120 valence electrons. The molecule has 1 heterocycles. The molecule has 0 radical (unpaired) electrons. The third-order valence-electron chi connectivity index (χ3n) is 3.16. The summed E-state index contributed by atoms with van der Waals surface area (Å²) in [5.41, 5.74) is 1.08. The van der Waals surface area contributed by atoms with Gasteiger partial charge in [0.2, 0.25) is 0 Å². The summed E-state index contributed by atoms with van der Waals surface area (Å²) in [7, 11) is 0.